The lowest BCUT2D eigenvalue weighted by Gasteiger charge is -2.42. The summed E-state index contributed by atoms with van der Waals surface area (Å²) in [5.41, 5.74) is 0. The zero-order valence-electron chi connectivity index (χ0n) is 13.2. The molecule has 2 saturated carbocycles. The van der Waals surface area contributed by atoms with Gasteiger partial charge in [0.05, 0.1) is 0 Å². The minimum atomic E-state index is 0.769. The van der Waals surface area contributed by atoms with Crippen LogP contribution in [0.25, 0.3) is 0 Å². The second-order valence-electron chi connectivity index (χ2n) is 6.98. The van der Waals surface area contributed by atoms with Gasteiger partial charge in [-0.05, 0) is 50.5 Å². The van der Waals surface area contributed by atoms with Gasteiger partial charge in [0.1, 0.15) is 0 Å². The molecule has 2 aliphatic rings. The first kappa shape index (κ1) is 15.7. The third kappa shape index (κ3) is 4.67. The van der Waals surface area contributed by atoms with Gasteiger partial charge in [0.25, 0.3) is 0 Å². The summed E-state index contributed by atoms with van der Waals surface area (Å²) in [6.45, 7) is 8.42. The number of thioether (sulfide) groups is 1. The van der Waals surface area contributed by atoms with E-state index in [4.69, 9.17) is 0 Å². The summed E-state index contributed by atoms with van der Waals surface area (Å²) < 4.78 is 0. The Balaban J connectivity index is 1.91. The predicted octanol–water partition coefficient (Wildman–Crippen LogP) is 4.86. The van der Waals surface area contributed by atoms with Crippen LogP contribution in [0.3, 0.4) is 0 Å². The molecule has 2 rings (SSSR count). The van der Waals surface area contributed by atoms with Gasteiger partial charge in [0, 0.05) is 16.5 Å². The van der Waals surface area contributed by atoms with E-state index in [9.17, 15) is 0 Å². The molecule has 19 heavy (non-hydrogen) atoms. The standard InChI is InChI=1S/C17H33NS/c1-4-10-18-16-12-13(2)11-14(3)17(16)19-15-8-6-5-7-9-15/h13-18H,4-12H2,1-3H3. The maximum atomic E-state index is 3.85. The van der Waals surface area contributed by atoms with Crippen LogP contribution in [-0.2, 0) is 0 Å². The maximum Gasteiger partial charge on any atom is 0.0229 e. The largest absolute Gasteiger partial charge is 0.313 e. The van der Waals surface area contributed by atoms with Gasteiger partial charge in [0.2, 0.25) is 0 Å². The van der Waals surface area contributed by atoms with Crippen molar-refractivity contribution in [2.75, 3.05) is 6.54 Å². The molecule has 1 nitrogen and oxygen atoms in total. The topological polar surface area (TPSA) is 12.0 Å². The second-order valence-corrected chi connectivity index (χ2v) is 8.46. The van der Waals surface area contributed by atoms with Crippen molar-refractivity contribution < 1.29 is 0 Å². The lowest BCUT2D eigenvalue weighted by molar-refractivity contribution is 0.248. The van der Waals surface area contributed by atoms with Gasteiger partial charge < -0.3 is 5.32 Å². The molecule has 0 aromatic rings. The molecule has 112 valence electrons. The monoisotopic (exact) mass is 283 g/mol. The van der Waals surface area contributed by atoms with Gasteiger partial charge in [0.15, 0.2) is 0 Å². The van der Waals surface area contributed by atoms with Crippen molar-refractivity contribution in [3.8, 4) is 0 Å². The number of hydrogen-bond acceptors (Lipinski definition) is 2. The summed E-state index contributed by atoms with van der Waals surface area (Å²) in [6.07, 6.45) is 11.5. The summed E-state index contributed by atoms with van der Waals surface area (Å²) in [5.74, 6) is 1.80. The average molecular weight is 284 g/mol. The molecule has 0 saturated heterocycles. The van der Waals surface area contributed by atoms with Crippen molar-refractivity contribution in [3.05, 3.63) is 0 Å². The Bertz CT molecular complexity index is 250. The molecule has 0 bridgehead atoms. The lowest BCUT2D eigenvalue weighted by Crippen LogP contribution is -2.47. The lowest BCUT2D eigenvalue weighted by atomic mass is 9.80. The Morgan fingerprint density at radius 3 is 2.47 bits per heavy atom. The third-order valence-corrected chi connectivity index (χ3v) is 6.91. The Hall–Kier alpha value is 0.310. The van der Waals surface area contributed by atoms with Crippen molar-refractivity contribution in [3.63, 3.8) is 0 Å². The van der Waals surface area contributed by atoms with Crippen molar-refractivity contribution in [2.24, 2.45) is 11.8 Å². The summed E-state index contributed by atoms with van der Waals surface area (Å²) >= 11 is 2.35. The summed E-state index contributed by atoms with van der Waals surface area (Å²) in [5, 5.41) is 5.68. The molecule has 0 aliphatic heterocycles. The molecule has 2 aliphatic carbocycles. The van der Waals surface area contributed by atoms with E-state index < -0.39 is 0 Å². The number of hydrogen-bond donors (Lipinski definition) is 1. The number of rotatable bonds is 5. The molecule has 0 aromatic heterocycles. The minimum Gasteiger partial charge on any atom is -0.313 e. The van der Waals surface area contributed by atoms with E-state index in [0.29, 0.717) is 0 Å². The van der Waals surface area contributed by atoms with Gasteiger partial charge in [-0.25, -0.2) is 0 Å². The summed E-state index contributed by atoms with van der Waals surface area (Å²) in [7, 11) is 0. The van der Waals surface area contributed by atoms with E-state index in [1.54, 1.807) is 0 Å². The molecule has 2 fully saturated rings. The van der Waals surface area contributed by atoms with Crippen LogP contribution < -0.4 is 5.32 Å². The SMILES string of the molecule is CCCNC1CC(C)CC(C)C1SC1CCCCC1. The van der Waals surface area contributed by atoms with Crippen LogP contribution in [0.1, 0.15) is 72.1 Å². The smallest absolute Gasteiger partial charge is 0.0229 e. The van der Waals surface area contributed by atoms with E-state index in [2.05, 4.69) is 37.8 Å². The second kappa shape index (κ2) is 7.93. The zero-order valence-corrected chi connectivity index (χ0v) is 14.0. The Morgan fingerprint density at radius 1 is 1.05 bits per heavy atom. The van der Waals surface area contributed by atoms with Gasteiger partial charge in [-0.3, -0.25) is 0 Å². The molecule has 2 heteroatoms. The first-order chi connectivity index (χ1) is 9.20. The van der Waals surface area contributed by atoms with Crippen molar-refractivity contribution in [2.45, 2.75) is 88.7 Å². The summed E-state index contributed by atoms with van der Waals surface area (Å²) in [4.78, 5) is 0. The fourth-order valence-corrected chi connectivity index (χ4v) is 5.84. The molecule has 4 atom stereocenters. The number of nitrogens with one attached hydrogen (secondary N) is 1. The van der Waals surface area contributed by atoms with Crippen molar-refractivity contribution in [1.29, 1.82) is 0 Å². The van der Waals surface area contributed by atoms with Crippen LogP contribution in [-0.4, -0.2) is 23.1 Å². The quantitative estimate of drug-likeness (QED) is 0.773. The molecule has 0 aromatic carbocycles. The van der Waals surface area contributed by atoms with Crippen LogP contribution in [0, 0.1) is 11.8 Å². The first-order valence-corrected chi connectivity index (χ1v) is 9.53. The highest BCUT2D eigenvalue weighted by atomic mass is 32.2. The molecule has 0 radical (unpaired) electrons. The molecule has 0 spiro atoms. The van der Waals surface area contributed by atoms with Crippen LogP contribution >= 0.6 is 11.8 Å². The maximum absolute atomic E-state index is 3.85. The third-order valence-electron chi connectivity index (χ3n) is 4.95. The first-order valence-electron chi connectivity index (χ1n) is 8.59. The molecule has 0 amide bonds. The van der Waals surface area contributed by atoms with Crippen LogP contribution in [0.2, 0.25) is 0 Å². The predicted molar refractivity (Wildman–Crippen MR) is 87.9 cm³/mol. The van der Waals surface area contributed by atoms with Gasteiger partial charge in [-0.15, -0.1) is 0 Å². The van der Waals surface area contributed by atoms with Crippen LogP contribution in [0.15, 0.2) is 0 Å². The van der Waals surface area contributed by atoms with E-state index in [-0.39, 0.29) is 0 Å². The van der Waals surface area contributed by atoms with Gasteiger partial charge in [-0.1, -0.05) is 40.0 Å². The van der Waals surface area contributed by atoms with Crippen molar-refractivity contribution >= 4 is 11.8 Å². The Kier molecular flexibility index (Phi) is 6.55. The fourth-order valence-electron chi connectivity index (χ4n) is 4.01. The molecular formula is C17H33NS. The molecule has 4 unspecified atom stereocenters. The average Bonchev–Trinajstić information content (AvgIpc) is 2.41. The van der Waals surface area contributed by atoms with E-state index in [1.165, 1.54) is 57.9 Å². The van der Waals surface area contributed by atoms with Gasteiger partial charge >= 0.3 is 0 Å². The van der Waals surface area contributed by atoms with Crippen LogP contribution in [0.5, 0.6) is 0 Å². The van der Waals surface area contributed by atoms with Gasteiger partial charge in [-0.2, -0.15) is 11.8 Å². The fraction of sp³-hybridized carbons (Fsp3) is 1.00. The Morgan fingerprint density at radius 2 is 1.79 bits per heavy atom. The minimum absolute atomic E-state index is 0.769. The highest BCUT2D eigenvalue weighted by Crippen LogP contribution is 2.41. The normalized spacial score (nSPS) is 37.4. The summed E-state index contributed by atoms with van der Waals surface area (Å²) in [6, 6.07) is 0.769. The molecular weight excluding hydrogens is 250 g/mol. The zero-order chi connectivity index (χ0) is 13.7. The van der Waals surface area contributed by atoms with Crippen LogP contribution in [0.4, 0.5) is 0 Å². The van der Waals surface area contributed by atoms with E-state index in [1.807, 2.05) is 0 Å². The highest BCUT2D eigenvalue weighted by Gasteiger charge is 2.35. The van der Waals surface area contributed by atoms with E-state index in [0.717, 1.165) is 28.4 Å². The molecule has 1 N–H and O–H groups in total. The Labute approximate surface area is 124 Å². The van der Waals surface area contributed by atoms with E-state index >= 15 is 0 Å². The highest BCUT2D eigenvalue weighted by molar-refractivity contribution is 8.00. The molecule has 0 heterocycles. The van der Waals surface area contributed by atoms with Crippen molar-refractivity contribution in [1.82, 2.24) is 5.32 Å².